The van der Waals surface area contributed by atoms with Crippen molar-refractivity contribution in [3.63, 3.8) is 0 Å². The average Bonchev–Trinajstić information content (AvgIpc) is 3.99. The number of fused-ring (bicyclic) bond motifs is 8. The minimum Gasteiger partial charge on any atom is -0.507 e. The van der Waals surface area contributed by atoms with Crippen LogP contribution in [0.15, 0.2) is 158 Å². The highest BCUT2D eigenvalue weighted by Crippen LogP contribution is 2.41. The third kappa shape index (κ3) is 5.50. The Labute approximate surface area is 304 Å². The fourth-order valence-electron chi connectivity index (χ4n) is 7.81. The van der Waals surface area contributed by atoms with Crippen molar-refractivity contribution in [1.29, 1.82) is 0 Å². The number of aromatic nitrogens is 4. The summed E-state index contributed by atoms with van der Waals surface area (Å²) in [6, 6.07) is 55.9. The number of halogens is 1. The highest BCUT2D eigenvalue weighted by molar-refractivity contribution is 14.1. The number of hydrogen-bond acceptors (Lipinski definition) is 1. The number of aromatic hydroxyl groups is 1. The van der Waals surface area contributed by atoms with Crippen LogP contribution in [0.1, 0.15) is 91.5 Å². The molecule has 0 radical (unpaired) electrons. The molecule has 5 heterocycles. The van der Waals surface area contributed by atoms with Crippen molar-refractivity contribution in [1.82, 2.24) is 19.9 Å². The van der Waals surface area contributed by atoms with Crippen LogP contribution in [0.4, 0.5) is 0 Å². The summed E-state index contributed by atoms with van der Waals surface area (Å²) in [4.78, 5) is 15.6. The summed E-state index contributed by atoms with van der Waals surface area (Å²) < 4.78 is 0.820. The van der Waals surface area contributed by atoms with Gasteiger partial charge in [0, 0.05) is 45.6 Å². The lowest BCUT2D eigenvalue weighted by Crippen LogP contribution is -2.10. The van der Waals surface area contributed by atoms with Gasteiger partial charge in [-0.15, -0.1) is 0 Å². The Morgan fingerprint density at radius 2 is 0.620 bits per heavy atom. The molecule has 0 saturated heterocycles. The molecule has 0 spiro atoms. The van der Waals surface area contributed by atoms with Gasteiger partial charge >= 0.3 is 0 Å². The predicted octanol–water partition coefficient (Wildman–Crippen LogP) is 10.3. The van der Waals surface area contributed by atoms with Gasteiger partial charge < -0.3 is 25.0 Å². The minimum absolute atomic E-state index is 0.0146. The van der Waals surface area contributed by atoms with E-state index in [1.807, 2.05) is 6.07 Å². The summed E-state index contributed by atoms with van der Waals surface area (Å²) in [6.45, 7) is 0. The van der Waals surface area contributed by atoms with Gasteiger partial charge in [0.1, 0.15) is 5.75 Å². The van der Waals surface area contributed by atoms with Gasteiger partial charge in [0.2, 0.25) is 0 Å². The molecule has 0 fully saturated rings. The van der Waals surface area contributed by atoms with Gasteiger partial charge in [0.05, 0.1) is 27.2 Å². The van der Waals surface area contributed by atoms with E-state index in [2.05, 4.69) is 188 Å². The molecule has 4 aromatic carbocycles. The second-order valence-corrected chi connectivity index (χ2v) is 14.3. The van der Waals surface area contributed by atoms with Crippen LogP contribution < -0.4 is 0 Å². The molecular weight excluding hydrogens is 725 g/mol. The van der Waals surface area contributed by atoms with Crippen molar-refractivity contribution >= 4 is 22.6 Å². The SMILES string of the molecule is Oc1ccc(C2c3ccc([nH]3)C(c3ccccc3)c3ccc([nH]3)C(c3ccccc3)c3ccc([nH]3)C(c3ccccc3)c3ccc2[nH]3)cc1[125I]. The summed E-state index contributed by atoms with van der Waals surface area (Å²) in [5, 5.41) is 10.5. The van der Waals surface area contributed by atoms with Crippen LogP contribution in [0.2, 0.25) is 0 Å². The first-order valence-electron chi connectivity index (χ1n) is 17.0. The Hall–Kier alpha value is -5.47. The van der Waals surface area contributed by atoms with Crippen molar-refractivity contribution in [2.45, 2.75) is 23.7 Å². The van der Waals surface area contributed by atoms with Crippen LogP contribution in [0.3, 0.4) is 0 Å². The standard InChI is InChI=1S/C44H35IN4O/c45-31-26-30(16-25-40(31)50)44-38-23-21-36(48-38)42(28-12-6-2-7-13-28)34-19-17-32(46-34)41(27-10-4-1-5-11-27)33-18-20-35(47-33)43(29-14-8-3-9-15-29)37-22-24-39(44)49-37/h1-26,41-44,46-50H/i45-2. The van der Waals surface area contributed by atoms with Gasteiger partial charge in [0.25, 0.3) is 0 Å². The molecule has 50 heavy (non-hydrogen) atoms. The van der Waals surface area contributed by atoms with Crippen LogP contribution in [0, 0.1) is 3.57 Å². The van der Waals surface area contributed by atoms with Gasteiger partial charge in [-0.1, -0.05) is 97.1 Å². The zero-order valence-electron chi connectivity index (χ0n) is 27.1. The monoisotopic (exact) mass is 760 g/mol. The Bertz CT molecular complexity index is 2260. The maximum absolute atomic E-state index is 10.5. The first-order chi connectivity index (χ1) is 24.6. The third-order valence-corrected chi connectivity index (χ3v) is 11.0. The van der Waals surface area contributed by atoms with Crippen LogP contribution in [-0.4, -0.2) is 25.0 Å². The van der Waals surface area contributed by atoms with E-state index in [9.17, 15) is 5.11 Å². The number of nitrogens with one attached hydrogen (secondary N) is 4. The van der Waals surface area contributed by atoms with E-state index < -0.39 is 0 Å². The highest BCUT2D eigenvalue weighted by Gasteiger charge is 2.29. The zero-order valence-corrected chi connectivity index (χ0v) is 29.3. The number of phenolic OH excluding ortho intramolecular Hbond substituents is 1. The lowest BCUT2D eigenvalue weighted by atomic mass is 9.92. The maximum Gasteiger partial charge on any atom is 0.128 e. The molecule has 244 valence electrons. The van der Waals surface area contributed by atoms with Gasteiger partial charge in [0.15, 0.2) is 0 Å². The minimum atomic E-state index is -0.117. The molecular formula is C44H35IN4O. The van der Waals surface area contributed by atoms with Gasteiger partial charge in [-0.2, -0.15) is 0 Å². The summed E-state index contributed by atoms with van der Waals surface area (Å²) in [5.41, 5.74) is 13.6. The van der Waals surface area contributed by atoms with E-state index in [1.165, 1.54) is 16.7 Å². The molecule has 4 aromatic heterocycles. The third-order valence-electron chi connectivity index (χ3n) is 10.1. The fraction of sp³-hybridized carbons (Fsp3) is 0.0909. The smallest absolute Gasteiger partial charge is 0.128 e. The number of aromatic amines is 4. The second kappa shape index (κ2) is 12.8. The summed E-state index contributed by atoms with van der Waals surface area (Å²) in [6.07, 6.45) is 0. The molecule has 0 saturated carbocycles. The lowest BCUT2D eigenvalue weighted by Gasteiger charge is -2.21. The Balaban J connectivity index is 1.30. The average molecular weight is 761 g/mol. The van der Waals surface area contributed by atoms with Crippen molar-refractivity contribution in [2.24, 2.45) is 0 Å². The highest BCUT2D eigenvalue weighted by atomic mass is 125. The van der Waals surface area contributed by atoms with Crippen molar-refractivity contribution in [2.75, 3.05) is 0 Å². The molecule has 0 aliphatic carbocycles. The lowest BCUT2D eigenvalue weighted by molar-refractivity contribution is 0.471. The second-order valence-electron chi connectivity index (χ2n) is 13.2. The van der Waals surface area contributed by atoms with E-state index >= 15 is 0 Å². The molecule has 5 nitrogen and oxygen atoms in total. The summed E-state index contributed by atoms with van der Waals surface area (Å²) in [7, 11) is 0. The first-order valence-corrected chi connectivity index (χ1v) is 18.1. The molecule has 5 N–H and O–H groups in total. The van der Waals surface area contributed by atoms with Crippen molar-refractivity contribution in [3.05, 3.63) is 229 Å². The van der Waals surface area contributed by atoms with Gasteiger partial charge in [-0.3, -0.25) is 0 Å². The summed E-state index contributed by atoms with van der Waals surface area (Å²) in [5.74, 6) is 0.0792. The van der Waals surface area contributed by atoms with E-state index in [-0.39, 0.29) is 29.4 Å². The Morgan fingerprint density at radius 1 is 0.340 bits per heavy atom. The van der Waals surface area contributed by atoms with E-state index in [0.717, 1.165) is 54.7 Å². The molecule has 2 atom stereocenters. The molecule has 9 rings (SSSR count). The van der Waals surface area contributed by atoms with Crippen LogP contribution >= 0.6 is 22.6 Å². The summed E-state index contributed by atoms with van der Waals surface area (Å²) >= 11 is 2.22. The number of benzene rings is 4. The largest absolute Gasteiger partial charge is 0.507 e. The number of phenols is 1. The number of hydrogen-bond donors (Lipinski definition) is 5. The van der Waals surface area contributed by atoms with Crippen molar-refractivity contribution < 1.29 is 5.11 Å². The number of rotatable bonds is 4. The number of H-pyrrole nitrogens is 4. The predicted molar refractivity (Wildman–Crippen MR) is 207 cm³/mol. The van der Waals surface area contributed by atoms with Crippen LogP contribution in [0.25, 0.3) is 0 Å². The van der Waals surface area contributed by atoms with Gasteiger partial charge in [-0.05, 0) is 106 Å². The Kier molecular flexibility index (Phi) is 7.81. The normalized spacial score (nSPS) is 18.6. The molecule has 1 aliphatic rings. The van der Waals surface area contributed by atoms with Crippen molar-refractivity contribution in [3.8, 4) is 5.75 Å². The van der Waals surface area contributed by atoms with Crippen LogP contribution in [-0.2, 0) is 0 Å². The maximum atomic E-state index is 10.5. The molecule has 2 unspecified atom stereocenters. The quantitative estimate of drug-likeness (QED) is 0.114. The Morgan fingerprint density at radius 3 is 0.900 bits per heavy atom. The molecule has 1 aliphatic heterocycles. The topological polar surface area (TPSA) is 83.4 Å². The molecule has 6 heteroatoms. The van der Waals surface area contributed by atoms with Gasteiger partial charge in [-0.25, -0.2) is 0 Å². The molecule has 8 aromatic rings. The molecule has 0 amide bonds. The van der Waals surface area contributed by atoms with Crippen LogP contribution in [0.5, 0.6) is 5.75 Å². The van der Waals surface area contributed by atoms with E-state index in [4.69, 9.17) is 0 Å². The van der Waals surface area contributed by atoms with E-state index in [1.54, 1.807) is 6.07 Å². The fourth-order valence-corrected chi connectivity index (χ4v) is 8.35. The zero-order chi connectivity index (χ0) is 33.6. The first kappa shape index (κ1) is 30.6. The van der Waals surface area contributed by atoms with E-state index in [0.29, 0.717) is 0 Å². The molecule has 8 bridgehead atoms.